The maximum atomic E-state index is 5.63. The number of benzene rings is 1. The average molecular weight is 303 g/mol. The molecule has 0 fully saturated rings. The topological polar surface area (TPSA) is 47.6 Å². The molecule has 5 heteroatoms. The highest BCUT2D eigenvalue weighted by Gasteiger charge is 1.96. The summed E-state index contributed by atoms with van der Waals surface area (Å²) in [5.74, 6) is 1.68. The van der Waals surface area contributed by atoms with Gasteiger partial charge in [0.1, 0.15) is 5.75 Å². The van der Waals surface area contributed by atoms with Crippen molar-refractivity contribution in [2.75, 3.05) is 18.9 Å². The van der Waals surface area contributed by atoms with Gasteiger partial charge in [0.2, 0.25) is 0 Å². The standard InChI is InChI=1S/C11H15BrN2OS/c1-2-14-11(13)16-8-7-15-10-5-3-9(12)4-6-10/h3-6H,2,7-8H2,1H3,(H2,13,14). The summed E-state index contributed by atoms with van der Waals surface area (Å²) in [4.78, 5) is 4.08. The first kappa shape index (κ1) is 13.4. The molecule has 0 atom stereocenters. The Balaban J connectivity index is 2.21. The lowest BCUT2D eigenvalue weighted by molar-refractivity contribution is 0.344. The Morgan fingerprint density at radius 1 is 1.44 bits per heavy atom. The van der Waals surface area contributed by atoms with Gasteiger partial charge >= 0.3 is 0 Å². The van der Waals surface area contributed by atoms with E-state index in [0.29, 0.717) is 11.8 Å². The Morgan fingerprint density at radius 3 is 2.75 bits per heavy atom. The van der Waals surface area contributed by atoms with Gasteiger partial charge in [0.25, 0.3) is 0 Å². The van der Waals surface area contributed by atoms with Crippen LogP contribution in [0, 0.1) is 0 Å². The van der Waals surface area contributed by atoms with E-state index < -0.39 is 0 Å². The molecule has 1 rings (SSSR count). The van der Waals surface area contributed by atoms with Crippen LogP contribution < -0.4 is 10.5 Å². The molecule has 0 aromatic heterocycles. The summed E-state index contributed by atoms with van der Waals surface area (Å²) in [5, 5.41) is 0.627. The summed E-state index contributed by atoms with van der Waals surface area (Å²) < 4.78 is 6.59. The van der Waals surface area contributed by atoms with E-state index in [0.717, 1.165) is 22.5 Å². The lowest BCUT2D eigenvalue weighted by atomic mass is 10.3. The third kappa shape index (κ3) is 5.42. The Labute approximate surface area is 109 Å². The summed E-state index contributed by atoms with van der Waals surface area (Å²) >= 11 is 4.89. The second-order valence-electron chi connectivity index (χ2n) is 2.96. The molecule has 2 N–H and O–H groups in total. The van der Waals surface area contributed by atoms with E-state index in [4.69, 9.17) is 10.5 Å². The van der Waals surface area contributed by atoms with Gasteiger partial charge in [-0.05, 0) is 31.2 Å². The van der Waals surface area contributed by atoms with Crippen LogP contribution in [0.5, 0.6) is 5.75 Å². The number of hydrogen-bond donors (Lipinski definition) is 1. The monoisotopic (exact) mass is 302 g/mol. The normalized spacial score (nSPS) is 11.5. The number of rotatable bonds is 5. The van der Waals surface area contributed by atoms with Gasteiger partial charge in [-0.2, -0.15) is 0 Å². The molecular formula is C11H15BrN2OS. The van der Waals surface area contributed by atoms with Gasteiger partial charge in [-0.15, -0.1) is 0 Å². The molecule has 3 nitrogen and oxygen atoms in total. The third-order valence-electron chi connectivity index (χ3n) is 1.73. The van der Waals surface area contributed by atoms with E-state index in [1.165, 1.54) is 11.8 Å². The van der Waals surface area contributed by atoms with E-state index in [1.54, 1.807) is 0 Å². The summed E-state index contributed by atoms with van der Waals surface area (Å²) in [5.41, 5.74) is 5.63. The molecule has 0 aliphatic heterocycles. The molecule has 0 radical (unpaired) electrons. The Morgan fingerprint density at radius 2 is 2.12 bits per heavy atom. The zero-order valence-corrected chi connectivity index (χ0v) is 11.6. The lowest BCUT2D eigenvalue weighted by Gasteiger charge is -2.05. The van der Waals surface area contributed by atoms with Crippen molar-refractivity contribution in [2.24, 2.45) is 10.7 Å². The van der Waals surface area contributed by atoms with Crippen LogP contribution in [0.3, 0.4) is 0 Å². The van der Waals surface area contributed by atoms with Crippen LogP contribution in [0.1, 0.15) is 6.92 Å². The van der Waals surface area contributed by atoms with Crippen LogP contribution in [-0.2, 0) is 0 Å². The molecule has 88 valence electrons. The van der Waals surface area contributed by atoms with E-state index in [-0.39, 0.29) is 0 Å². The highest BCUT2D eigenvalue weighted by atomic mass is 79.9. The van der Waals surface area contributed by atoms with Gasteiger partial charge in [0.05, 0.1) is 6.61 Å². The summed E-state index contributed by atoms with van der Waals surface area (Å²) in [6.45, 7) is 3.32. The van der Waals surface area contributed by atoms with Crippen LogP contribution >= 0.6 is 27.7 Å². The zero-order valence-electron chi connectivity index (χ0n) is 9.15. The molecule has 0 spiro atoms. The van der Waals surface area contributed by atoms with Crippen molar-refractivity contribution in [1.82, 2.24) is 0 Å². The van der Waals surface area contributed by atoms with E-state index >= 15 is 0 Å². The number of nitrogens with zero attached hydrogens (tertiary/aromatic N) is 1. The first-order valence-corrected chi connectivity index (χ1v) is 6.81. The number of ether oxygens (including phenoxy) is 1. The van der Waals surface area contributed by atoms with E-state index in [1.807, 2.05) is 31.2 Å². The summed E-state index contributed by atoms with van der Waals surface area (Å²) in [6, 6.07) is 7.77. The molecule has 0 heterocycles. The van der Waals surface area contributed by atoms with E-state index in [9.17, 15) is 0 Å². The van der Waals surface area contributed by atoms with Gasteiger partial charge in [-0.1, -0.05) is 27.7 Å². The average Bonchev–Trinajstić information content (AvgIpc) is 2.27. The molecule has 0 saturated carbocycles. The van der Waals surface area contributed by atoms with Gasteiger partial charge in [-0.25, -0.2) is 0 Å². The molecule has 0 unspecified atom stereocenters. The molecule has 0 amide bonds. The molecular weight excluding hydrogens is 288 g/mol. The minimum Gasteiger partial charge on any atom is -0.493 e. The molecule has 1 aromatic rings. The number of halogens is 1. The number of hydrogen-bond acceptors (Lipinski definition) is 3. The molecule has 16 heavy (non-hydrogen) atoms. The minimum absolute atomic E-state index is 0.627. The molecule has 0 aliphatic carbocycles. The van der Waals surface area contributed by atoms with Gasteiger partial charge in [-0.3, -0.25) is 4.99 Å². The van der Waals surface area contributed by atoms with Gasteiger partial charge in [0.15, 0.2) is 5.17 Å². The Bertz CT molecular complexity index is 340. The second-order valence-corrected chi connectivity index (χ2v) is 4.99. The van der Waals surface area contributed by atoms with Crippen LogP contribution in [0.15, 0.2) is 33.7 Å². The van der Waals surface area contributed by atoms with Gasteiger partial charge in [0, 0.05) is 16.8 Å². The SMILES string of the molecule is CCN=C(N)SCCOc1ccc(Br)cc1. The zero-order chi connectivity index (χ0) is 11.8. The second kappa shape index (κ2) is 7.57. The smallest absolute Gasteiger partial charge is 0.154 e. The van der Waals surface area contributed by atoms with Crippen molar-refractivity contribution < 1.29 is 4.74 Å². The quantitative estimate of drug-likeness (QED) is 0.517. The fraction of sp³-hybridized carbons (Fsp3) is 0.364. The first-order chi connectivity index (χ1) is 7.72. The fourth-order valence-electron chi connectivity index (χ4n) is 1.04. The van der Waals surface area contributed by atoms with Crippen LogP contribution in [0.25, 0.3) is 0 Å². The predicted octanol–water partition coefficient (Wildman–Crippen LogP) is 2.90. The molecule has 1 aromatic carbocycles. The van der Waals surface area contributed by atoms with Crippen molar-refractivity contribution in [3.63, 3.8) is 0 Å². The van der Waals surface area contributed by atoms with Crippen LogP contribution in [-0.4, -0.2) is 24.1 Å². The fourth-order valence-corrected chi connectivity index (χ4v) is 1.90. The van der Waals surface area contributed by atoms with Crippen molar-refractivity contribution in [3.05, 3.63) is 28.7 Å². The predicted molar refractivity (Wildman–Crippen MR) is 74.3 cm³/mol. The van der Waals surface area contributed by atoms with Gasteiger partial charge < -0.3 is 10.5 Å². The highest BCUT2D eigenvalue weighted by molar-refractivity contribution is 9.10. The molecule has 0 aliphatic rings. The largest absolute Gasteiger partial charge is 0.493 e. The minimum atomic E-state index is 0.627. The van der Waals surface area contributed by atoms with E-state index in [2.05, 4.69) is 20.9 Å². The highest BCUT2D eigenvalue weighted by Crippen LogP contribution is 2.16. The number of nitrogens with two attached hydrogens (primary N) is 1. The Hall–Kier alpha value is -0.680. The lowest BCUT2D eigenvalue weighted by Crippen LogP contribution is -2.10. The number of thioether (sulfide) groups is 1. The molecule has 0 bridgehead atoms. The summed E-state index contributed by atoms with van der Waals surface area (Å²) in [6.07, 6.45) is 0. The first-order valence-electron chi connectivity index (χ1n) is 5.03. The van der Waals surface area contributed by atoms with Crippen molar-refractivity contribution in [2.45, 2.75) is 6.92 Å². The van der Waals surface area contributed by atoms with Crippen molar-refractivity contribution >= 4 is 32.9 Å². The maximum Gasteiger partial charge on any atom is 0.154 e. The Kier molecular flexibility index (Phi) is 6.33. The molecule has 0 saturated heterocycles. The third-order valence-corrected chi connectivity index (χ3v) is 3.05. The van der Waals surface area contributed by atoms with Crippen LogP contribution in [0.2, 0.25) is 0 Å². The van der Waals surface area contributed by atoms with Crippen LogP contribution in [0.4, 0.5) is 0 Å². The maximum absolute atomic E-state index is 5.63. The van der Waals surface area contributed by atoms with Crippen molar-refractivity contribution in [1.29, 1.82) is 0 Å². The number of aliphatic imine (C=N–C) groups is 1. The number of amidine groups is 1. The summed E-state index contributed by atoms with van der Waals surface area (Å²) in [7, 11) is 0. The van der Waals surface area contributed by atoms with Crippen molar-refractivity contribution in [3.8, 4) is 5.75 Å².